The molecule has 23 heavy (non-hydrogen) atoms. The first-order chi connectivity index (χ1) is 11.2. The summed E-state index contributed by atoms with van der Waals surface area (Å²) in [6, 6.07) is 16.3. The van der Waals surface area contributed by atoms with E-state index in [1.807, 2.05) is 47.2 Å². The number of hydrogen-bond acceptors (Lipinski definition) is 4. The highest BCUT2D eigenvalue weighted by Gasteiger charge is 2.14. The van der Waals surface area contributed by atoms with Crippen molar-refractivity contribution < 1.29 is 4.74 Å². The van der Waals surface area contributed by atoms with Crippen LogP contribution in [0, 0.1) is 13.8 Å². The molecule has 1 heterocycles. The summed E-state index contributed by atoms with van der Waals surface area (Å²) in [5.41, 5.74) is 3.30. The summed E-state index contributed by atoms with van der Waals surface area (Å²) in [6.45, 7) is 4.49. The van der Waals surface area contributed by atoms with Crippen molar-refractivity contribution in [3.8, 4) is 11.4 Å². The average molecular weight is 325 g/mol. The van der Waals surface area contributed by atoms with Crippen LogP contribution in [0.1, 0.15) is 17.0 Å². The third-order valence-electron chi connectivity index (χ3n) is 3.65. The number of aromatic nitrogens is 3. The molecule has 0 N–H and O–H groups in total. The SMILES string of the molecule is CSc1nnc(COc2c(C)cccc2C)n1-c1ccccc1. The Hall–Kier alpha value is -2.27. The smallest absolute Gasteiger partial charge is 0.195 e. The minimum atomic E-state index is 0.383. The van der Waals surface area contributed by atoms with Gasteiger partial charge in [0.25, 0.3) is 0 Å². The molecule has 0 aliphatic heterocycles. The maximum Gasteiger partial charge on any atom is 0.195 e. The Kier molecular flexibility index (Phi) is 4.67. The molecular weight excluding hydrogens is 306 g/mol. The van der Waals surface area contributed by atoms with Crippen LogP contribution in [0.4, 0.5) is 0 Å². The molecule has 2 aromatic carbocycles. The lowest BCUT2D eigenvalue weighted by atomic mass is 10.1. The Morgan fingerprint density at radius 3 is 2.30 bits per heavy atom. The molecule has 1 aromatic heterocycles. The van der Waals surface area contributed by atoms with Gasteiger partial charge in [-0.2, -0.15) is 0 Å². The second-order valence-electron chi connectivity index (χ2n) is 5.28. The number of benzene rings is 2. The summed E-state index contributed by atoms with van der Waals surface area (Å²) in [6.07, 6.45) is 2.00. The molecule has 0 bridgehead atoms. The normalized spacial score (nSPS) is 10.7. The highest BCUT2D eigenvalue weighted by Crippen LogP contribution is 2.25. The number of hydrogen-bond donors (Lipinski definition) is 0. The average Bonchev–Trinajstić information content (AvgIpc) is 2.98. The first-order valence-electron chi connectivity index (χ1n) is 7.43. The van der Waals surface area contributed by atoms with Crippen LogP contribution in [0.25, 0.3) is 5.69 Å². The van der Waals surface area contributed by atoms with Gasteiger partial charge in [0.05, 0.1) is 0 Å². The predicted molar refractivity (Wildman–Crippen MR) is 93.4 cm³/mol. The summed E-state index contributed by atoms with van der Waals surface area (Å²) in [5.74, 6) is 1.71. The Morgan fingerprint density at radius 2 is 1.65 bits per heavy atom. The van der Waals surface area contributed by atoms with Gasteiger partial charge in [-0.25, -0.2) is 0 Å². The molecule has 3 rings (SSSR count). The van der Waals surface area contributed by atoms with Crippen LogP contribution in [-0.2, 0) is 6.61 Å². The molecule has 0 spiro atoms. The van der Waals surface area contributed by atoms with Crippen molar-refractivity contribution in [1.29, 1.82) is 0 Å². The third-order valence-corrected chi connectivity index (χ3v) is 4.28. The van der Waals surface area contributed by atoms with Gasteiger partial charge in [-0.3, -0.25) is 4.57 Å². The quantitative estimate of drug-likeness (QED) is 0.660. The Labute approximate surface area is 140 Å². The lowest BCUT2D eigenvalue weighted by Crippen LogP contribution is -2.07. The van der Waals surface area contributed by atoms with Gasteiger partial charge in [0, 0.05) is 5.69 Å². The maximum atomic E-state index is 6.04. The van der Waals surface area contributed by atoms with Gasteiger partial charge in [0.1, 0.15) is 12.4 Å². The van der Waals surface area contributed by atoms with Gasteiger partial charge in [0.15, 0.2) is 11.0 Å². The van der Waals surface area contributed by atoms with E-state index in [4.69, 9.17) is 4.74 Å². The van der Waals surface area contributed by atoms with Crippen molar-refractivity contribution in [3.63, 3.8) is 0 Å². The first-order valence-corrected chi connectivity index (χ1v) is 8.66. The molecule has 0 aliphatic rings. The molecule has 0 aliphatic carbocycles. The Morgan fingerprint density at radius 1 is 0.957 bits per heavy atom. The van der Waals surface area contributed by atoms with E-state index < -0.39 is 0 Å². The second-order valence-corrected chi connectivity index (χ2v) is 6.06. The van der Waals surface area contributed by atoms with Crippen molar-refractivity contribution in [1.82, 2.24) is 14.8 Å². The molecule has 5 heteroatoms. The largest absolute Gasteiger partial charge is 0.485 e. The second kappa shape index (κ2) is 6.87. The molecule has 0 radical (unpaired) electrons. The lowest BCUT2D eigenvalue weighted by molar-refractivity contribution is 0.289. The number of thioether (sulfide) groups is 1. The Bertz CT molecular complexity index is 779. The molecule has 0 unspecified atom stereocenters. The molecule has 3 aromatic rings. The van der Waals surface area contributed by atoms with E-state index in [-0.39, 0.29) is 0 Å². The number of nitrogens with zero attached hydrogens (tertiary/aromatic N) is 3. The zero-order valence-electron chi connectivity index (χ0n) is 13.5. The van der Waals surface area contributed by atoms with Gasteiger partial charge in [0.2, 0.25) is 0 Å². The highest BCUT2D eigenvalue weighted by atomic mass is 32.2. The van der Waals surface area contributed by atoms with Crippen molar-refractivity contribution in [2.24, 2.45) is 0 Å². The number of rotatable bonds is 5. The molecule has 118 valence electrons. The molecule has 0 amide bonds. The van der Waals surface area contributed by atoms with E-state index in [0.29, 0.717) is 6.61 Å². The Balaban J connectivity index is 1.91. The molecule has 0 saturated heterocycles. The standard InChI is InChI=1S/C18H19N3OS/c1-13-8-7-9-14(2)17(13)22-12-16-19-20-18(23-3)21(16)15-10-5-4-6-11-15/h4-11H,12H2,1-3H3. The molecule has 0 fully saturated rings. The minimum absolute atomic E-state index is 0.383. The lowest BCUT2D eigenvalue weighted by Gasteiger charge is -2.13. The molecule has 0 atom stereocenters. The van der Waals surface area contributed by atoms with Gasteiger partial charge in [-0.15, -0.1) is 10.2 Å². The summed E-state index contributed by atoms with van der Waals surface area (Å²) in [7, 11) is 0. The summed E-state index contributed by atoms with van der Waals surface area (Å²) in [4.78, 5) is 0. The topological polar surface area (TPSA) is 39.9 Å². The fourth-order valence-electron chi connectivity index (χ4n) is 2.53. The monoisotopic (exact) mass is 325 g/mol. The van der Waals surface area contributed by atoms with E-state index in [1.54, 1.807) is 11.8 Å². The van der Waals surface area contributed by atoms with Crippen molar-refractivity contribution >= 4 is 11.8 Å². The predicted octanol–water partition coefficient (Wildman–Crippen LogP) is 4.19. The van der Waals surface area contributed by atoms with Gasteiger partial charge < -0.3 is 4.74 Å². The highest BCUT2D eigenvalue weighted by molar-refractivity contribution is 7.98. The van der Waals surface area contributed by atoms with Crippen molar-refractivity contribution in [2.45, 2.75) is 25.6 Å². The summed E-state index contributed by atoms with van der Waals surface area (Å²) < 4.78 is 8.08. The van der Waals surface area contributed by atoms with Crippen LogP contribution in [0.2, 0.25) is 0 Å². The van der Waals surface area contributed by atoms with E-state index in [2.05, 4.69) is 36.2 Å². The van der Waals surface area contributed by atoms with Crippen LogP contribution >= 0.6 is 11.8 Å². The zero-order chi connectivity index (χ0) is 16.2. The van der Waals surface area contributed by atoms with Crippen LogP contribution < -0.4 is 4.74 Å². The van der Waals surface area contributed by atoms with E-state index in [9.17, 15) is 0 Å². The molecular formula is C18H19N3OS. The van der Waals surface area contributed by atoms with E-state index >= 15 is 0 Å². The summed E-state index contributed by atoms with van der Waals surface area (Å²) in [5, 5.41) is 9.43. The van der Waals surface area contributed by atoms with Crippen LogP contribution in [-0.4, -0.2) is 21.0 Å². The van der Waals surface area contributed by atoms with E-state index in [1.165, 1.54) is 0 Å². The van der Waals surface area contributed by atoms with Gasteiger partial charge in [-0.05, 0) is 43.4 Å². The third kappa shape index (κ3) is 3.24. The minimum Gasteiger partial charge on any atom is -0.485 e. The summed E-state index contributed by atoms with van der Waals surface area (Å²) >= 11 is 1.57. The number of ether oxygens (including phenoxy) is 1. The van der Waals surface area contributed by atoms with E-state index in [0.717, 1.165) is 33.5 Å². The maximum absolute atomic E-state index is 6.04. The van der Waals surface area contributed by atoms with Crippen LogP contribution in [0.3, 0.4) is 0 Å². The molecule has 0 saturated carbocycles. The van der Waals surface area contributed by atoms with Gasteiger partial charge >= 0.3 is 0 Å². The van der Waals surface area contributed by atoms with Crippen molar-refractivity contribution in [3.05, 3.63) is 65.5 Å². The fraction of sp³-hybridized carbons (Fsp3) is 0.222. The van der Waals surface area contributed by atoms with Crippen LogP contribution in [0.15, 0.2) is 53.7 Å². The fourth-order valence-corrected chi connectivity index (χ4v) is 3.04. The van der Waals surface area contributed by atoms with Crippen LogP contribution in [0.5, 0.6) is 5.75 Å². The van der Waals surface area contributed by atoms with Crippen molar-refractivity contribution in [2.75, 3.05) is 6.26 Å². The number of aryl methyl sites for hydroxylation is 2. The zero-order valence-corrected chi connectivity index (χ0v) is 14.3. The van der Waals surface area contributed by atoms with Gasteiger partial charge in [-0.1, -0.05) is 48.2 Å². The molecule has 4 nitrogen and oxygen atoms in total. The first kappa shape index (κ1) is 15.6. The number of para-hydroxylation sites is 2.